The van der Waals surface area contributed by atoms with Crippen molar-refractivity contribution in [1.29, 1.82) is 0 Å². The molecule has 1 fully saturated rings. The van der Waals surface area contributed by atoms with E-state index in [0.29, 0.717) is 17.9 Å². The van der Waals surface area contributed by atoms with Gasteiger partial charge in [0.2, 0.25) is 0 Å². The molecule has 1 saturated heterocycles. The summed E-state index contributed by atoms with van der Waals surface area (Å²) in [5.74, 6) is 1.61. The van der Waals surface area contributed by atoms with E-state index in [-0.39, 0.29) is 5.91 Å². The van der Waals surface area contributed by atoms with E-state index in [2.05, 4.69) is 15.0 Å². The molecule has 0 radical (unpaired) electrons. The maximum Gasteiger partial charge on any atom is 0.262 e. The molecule has 0 aliphatic carbocycles. The number of hydrogen-bond acceptors (Lipinski definition) is 5. The highest BCUT2D eigenvalue weighted by Gasteiger charge is 2.33. The van der Waals surface area contributed by atoms with Gasteiger partial charge in [-0.3, -0.25) is 9.69 Å². The molecule has 0 spiro atoms. The van der Waals surface area contributed by atoms with Gasteiger partial charge in [-0.15, -0.1) is 0 Å². The van der Waals surface area contributed by atoms with E-state index in [0.717, 1.165) is 36.0 Å². The normalized spacial score (nSPS) is 16.0. The van der Waals surface area contributed by atoms with Crippen LogP contribution in [0.5, 0.6) is 5.75 Å². The van der Waals surface area contributed by atoms with Gasteiger partial charge in [0.25, 0.3) is 5.91 Å². The molecule has 5 rings (SSSR count). The number of anilines is 2. The predicted molar refractivity (Wildman–Crippen MR) is 106 cm³/mol. The second-order valence-electron chi connectivity index (χ2n) is 7.07. The van der Waals surface area contributed by atoms with Crippen molar-refractivity contribution in [2.45, 2.75) is 19.4 Å². The maximum absolute atomic E-state index is 12.9. The molecular formula is C21H21N5O2. The van der Waals surface area contributed by atoms with Crippen LogP contribution in [0.25, 0.3) is 5.69 Å². The molecule has 1 aromatic carbocycles. The lowest BCUT2D eigenvalue weighted by Crippen LogP contribution is -2.24. The van der Waals surface area contributed by atoms with Crippen LogP contribution in [0.4, 0.5) is 11.5 Å². The number of rotatable bonds is 4. The third-order valence-electron chi connectivity index (χ3n) is 5.38. The zero-order valence-corrected chi connectivity index (χ0v) is 15.7. The number of hydrogen-bond donors (Lipinski definition) is 0. The van der Waals surface area contributed by atoms with Gasteiger partial charge in [-0.25, -0.2) is 9.67 Å². The van der Waals surface area contributed by atoms with Gasteiger partial charge in [-0.2, -0.15) is 5.10 Å². The third-order valence-corrected chi connectivity index (χ3v) is 5.38. The Hall–Kier alpha value is -3.35. The summed E-state index contributed by atoms with van der Waals surface area (Å²) in [6.45, 7) is 2.56. The summed E-state index contributed by atoms with van der Waals surface area (Å²) in [4.78, 5) is 21.5. The van der Waals surface area contributed by atoms with Crippen molar-refractivity contribution in [2.24, 2.45) is 0 Å². The predicted octanol–water partition coefficient (Wildman–Crippen LogP) is 3.04. The summed E-state index contributed by atoms with van der Waals surface area (Å²) in [7, 11) is 1.61. The molecule has 0 atom stereocenters. The van der Waals surface area contributed by atoms with Crippen LogP contribution in [0.1, 0.15) is 28.9 Å². The Kier molecular flexibility index (Phi) is 4.00. The van der Waals surface area contributed by atoms with Crippen LogP contribution in [0.3, 0.4) is 0 Å². The highest BCUT2D eigenvalue weighted by molar-refractivity contribution is 6.10. The second-order valence-corrected chi connectivity index (χ2v) is 7.07. The number of benzene rings is 1. The van der Waals surface area contributed by atoms with E-state index in [4.69, 9.17) is 4.74 Å². The highest BCUT2D eigenvalue weighted by Crippen LogP contribution is 2.34. The van der Waals surface area contributed by atoms with Crippen LogP contribution in [0, 0.1) is 0 Å². The molecule has 0 bridgehead atoms. The monoisotopic (exact) mass is 375 g/mol. The Labute approximate surface area is 163 Å². The van der Waals surface area contributed by atoms with E-state index in [1.165, 1.54) is 12.8 Å². The Morgan fingerprint density at radius 2 is 1.89 bits per heavy atom. The number of carbonyl (C=O) groups is 1. The topological polar surface area (TPSA) is 63.5 Å². The third kappa shape index (κ3) is 2.70. The fraction of sp³-hybridized carbons (Fsp3) is 0.286. The Bertz CT molecular complexity index is 1020. The molecule has 142 valence electrons. The van der Waals surface area contributed by atoms with Gasteiger partial charge in [0.05, 0.1) is 42.5 Å². The number of carbonyl (C=O) groups excluding carboxylic acids is 1. The number of nitrogens with zero attached hydrogens (tertiary/aromatic N) is 5. The van der Waals surface area contributed by atoms with E-state index < -0.39 is 0 Å². The van der Waals surface area contributed by atoms with Gasteiger partial charge in [-0.1, -0.05) is 12.1 Å². The van der Waals surface area contributed by atoms with Crippen molar-refractivity contribution in [3.8, 4) is 11.4 Å². The number of ether oxygens (including phenoxy) is 1. The number of para-hydroxylation sites is 2. The van der Waals surface area contributed by atoms with Crippen LogP contribution in [0.2, 0.25) is 0 Å². The summed E-state index contributed by atoms with van der Waals surface area (Å²) in [5, 5.41) is 4.63. The van der Waals surface area contributed by atoms with E-state index >= 15 is 0 Å². The zero-order valence-electron chi connectivity index (χ0n) is 15.7. The zero-order chi connectivity index (χ0) is 19.1. The molecule has 0 unspecified atom stereocenters. The number of pyridine rings is 1. The van der Waals surface area contributed by atoms with Crippen LogP contribution in [-0.2, 0) is 6.54 Å². The lowest BCUT2D eigenvalue weighted by atomic mass is 10.2. The van der Waals surface area contributed by atoms with Crippen molar-refractivity contribution in [3.63, 3.8) is 0 Å². The highest BCUT2D eigenvalue weighted by atomic mass is 16.5. The maximum atomic E-state index is 12.9. The fourth-order valence-electron chi connectivity index (χ4n) is 3.90. The quantitative estimate of drug-likeness (QED) is 0.701. The molecule has 2 aliphatic rings. The fourth-order valence-corrected chi connectivity index (χ4v) is 3.90. The first-order chi connectivity index (χ1) is 13.7. The number of fused-ring (bicyclic) bond motifs is 1. The average Bonchev–Trinajstić information content (AvgIpc) is 3.46. The standard InChI is InChI=1S/C21H21N5O2/c1-28-19-7-3-2-6-18(19)25-14-17-16(21(25)27)13-26(23-17)15-8-9-20(22-12-15)24-10-4-5-11-24/h2-3,6-9,12-13H,4-5,10-11,14H2,1H3. The Morgan fingerprint density at radius 3 is 2.61 bits per heavy atom. The van der Waals surface area contributed by atoms with Crippen molar-refractivity contribution >= 4 is 17.4 Å². The van der Waals surface area contributed by atoms with E-state index in [1.54, 1.807) is 22.9 Å². The lowest BCUT2D eigenvalue weighted by Gasteiger charge is -2.19. The van der Waals surface area contributed by atoms with Crippen LogP contribution >= 0.6 is 0 Å². The first kappa shape index (κ1) is 16.8. The molecule has 2 aromatic heterocycles. The molecule has 4 heterocycles. The molecule has 7 nitrogen and oxygen atoms in total. The average molecular weight is 375 g/mol. The van der Waals surface area contributed by atoms with Crippen molar-refractivity contribution < 1.29 is 9.53 Å². The lowest BCUT2D eigenvalue weighted by molar-refractivity contribution is 0.0995. The van der Waals surface area contributed by atoms with E-state index in [9.17, 15) is 4.79 Å². The summed E-state index contributed by atoms with van der Waals surface area (Å²) in [6.07, 6.45) is 6.05. The first-order valence-electron chi connectivity index (χ1n) is 9.49. The second kappa shape index (κ2) is 6.67. The Balaban J connectivity index is 1.39. The van der Waals surface area contributed by atoms with Crippen LogP contribution in [0.15, 0.2) is 48.8 Å². The van der Waals surface area contributed by atoms with Gasteiger partial charge in [0.1, 0.15) is 11.6 Å². The minimum absolute atomic E-state index is 0.0626. The summed E-state index contributed by atoms with van der Waals surface area (Å²) in [6, 6.07) is 11.6. The molecule has 28 heavy (non-hydrogen) atoms. The minimum atomic E-state index is -0.0626. The van der Waals surface area contributed by atoms with Crippen molar-refractivity contribution in [2.75, 3.05) is 30.0 Å². The van der Waals surface area contributed by atoms with Gasteiger partial charge < -0.3 is 9.64 Å². The molecule has 0 N–H and O–H groups in total. The molecule has 1 amide bonds. The van der Waals surface area contributed by atoms with Gasteiger partial charge in [0.15, 0.2) is 0 Å². The van der Waals surface area contributed by atoms with Crippen molar-refractivity contribution in [1.82, 2.24) is 14.8 Å². The summed E-state index contributed by atoms with van der Waals surface area (Å²) < 4.78 is 7.14. The van der Waals surface area contributed by atoms with Crippen LogP contribution in [-0.4, -0.2) is 40.9 Å². The smallest absolute Gasteiger partial charge is 0.262 e. The summed E-state index contributed by atoms with van der Waals surface area (Å²) in [5.41, 5.74) is 3.00. The SMILES string of the molecule is COc1ccccc1N1Cc2nn(-c3ccc(N4CCCC4)nc3)cc2C1=O. The van der Waals surface area contributed by atoms with Gasteiger partial charge in [0, 0.05) is 19.3 Å². The van der Waals surface area contributed by atoms with Gasteiger partial charge in [-0.05, 0) is 37.1 Å². The molecule has 2 aliphatic heterocycles. The number of methoxy groups -OCH3 is 1. The summed E-state index contributed by atoms with van der Waals surface area (Å²) >= 11 is 0. The minimum Gasteiger partial charge on any atom is -0.495 e. The molecule has 3 aromatic rings. The Morgan fingerprint density at radius 1 is 1.07 bits per heavy atom. The van der Waals surface area contributed by atoms with Crippen LogP contribution < -0.4 is 14.5 Å². The largest absolute Gasteiger partial charge is 0.495 e. The number of aromatic nitrogens is 3. The molecule has 0 saturated carbocycles. The first-order valence-corrected chi connectivity index (χ1v) is 9.49. The molecular weight excluding hydrogens is 354 g/mol. The molecule has 7 heteroatoms. The van der Waals surface area contributed by atoms with Gasteiger partial charge >= 0.3 is 0 Å². The van der Waals surface area contributed by atoms with Crippen molar-refractivity contribution in [3.05, 3.63) is 60.0 Å². The van der Waals surface area contributed by atoms with E-state index in [1.807, 2.05) is 42.6 Å². The number of amides is 1.